The van der Waals surface area contributed by atoms with E-state index in [-0.39, 0.29) is 18.2 Å². The molecule has 1 aliphatic heterocycles. The maximum Gasteiger partial charge on any atom is 0.310 e. The van der Waals surface area contributed by atoms with Crippen molar-refractivity contribution in [3.8, 4) is 0 Å². The second-order valence-electron chi connectivity index (χ2n) is 6.43. The normalized spacial score (nSPS) is 18.9. The van der Waals surface area contributed by atoms with Crippen molar-refractivity contribution < 1.29 is 19.5 Å². The number of rotatable bonds is 4. The molecule has 0 unspecified atom stereocenters. The summed E-state index contributed by atoms with van der Waals surface area (Å²) in [6.07, 6.45) is 3.78. The van der Waals surface area contributed by atoms with Gasteiger partial charge in [0, 0.05) is 24.2 Å². The minimum Gasteiger partial charge on any atom is -0.481 e. The third-order valence-corrected chi connectivity index (χ3v) is 4.84. The van der Waals surface area contributed by atoms with Crippen LogP contribution >= 0.6 is 0 Å². The fourth-order valence-electron chi connectivity index (χ4n) is 3.50. The molecular formula is C17H20N2O4. The van der Waals surface area contributed by atoms with E-state index in [1.54, 1.807) is 18.2 Å². The lowest BCUT2D eigenvalue weighted by Gasteiger charge is -2.32. The molecule has 0 spiro atoms. The predicted octanol–water partition coefficient (Wildman–Crippen LogP) is 2.29. The van der Waals surface area contributed by atoms with E-state index in [0.29, 0.717) is 30.6 Å². The third-order valence-electron chi connectivity index (χ3n) is 4.84. The largest absolute Gasteiger partial charge is 0.481 e. The van der Waals surface area contributed by atoms with Crippen LogP contribution < -0.4 is 10.6 Å². The van der Waals surface area contributed by atoms with Gasteiger partial charge in [-0.05, 0) is 30.5 Å². The van der Waals surface area contributed by atoms with Crippen molar-refractivity contribution in [3.63, 3.8) is 0 Å². The SMILES string of the molecule is O=C(CC1(C(=O)O)CCCCC1)Nc1ccc2c(c1)C(=O)NC2. The molecule has 0 radical (unpaired) electrons. The molecule has 0 bridgehead atoms. The molecule has 2 amide bonds. The van der Waals surface area contributed by atoms with Gasteiger partial charge in [0.15, 0.2) is 0 Å². The molecule has 1 fully saturated rings. The average molecular weight is 316 g/mol. The summed E-state index contributed by atoms with van der Waals surface area (Å²) in [6, 6.07) is 5.19. The smallest absolute Gasteiger partial charge is 0.310 e. The Kier molecular flexibility index (Phi) is 4.07. The van der Waals surface area contributed by atoms with Gasteiger partial charge in [-0.25, -0.2) is 0 Å². The van der Waals surface area contributed by atoms with Gasteiger partial charge in [-0.2, -0.15) is 0 Å². The number of amides is 2. The summed E-state index contributed by atoms with van der Waals surface area (Å²) in [5.74, 6) is -1.35. The zero-order valence-corrected chi connectivity index (χ0v) is 12.9. The first kappa shape index (κ1) is 15.5. The van der Waals surface area contributed by atoms with Crippen LogP contribution in [0.5, 0.6) is 0 Å². The molecule has 1 saturated carbocycles. The number of hydrogen-bond donors (Lipinski definition) is 3. The lowest BCUT2D eigenvalue weighted by molar-refractivity contribution is -0.153. The molecule has 122 valence electrons. The minimum atomic E-state index is -0.948. The maximum atomic E-state index is 12.3. The summed E-state index contributed by atoms with van der Waals surface area (Å²) in [5, 5.41) is 15.0. The maximum absolute atomic E-state index is 12.3. The van der Waals surface area contributed by atoms with Gasteiger partial charge < -0.3 is 15.7 Å². The molecule has 1 aromatic carbocycles. The molecular weight excluding hydrogens is 296 g/mol. The van der Waals surface area contributed by atoms with Gasteiger partial charge in [0.1, 0.15) is 0 Å². The fraction of sp³-hybridized carbons (Fsp3) is 0.471. The highest BCUT2D eigenvalue weighted by Crippen LogP contribution is 2.39. The Balaban J connectivity index is 1.70. The van der Waals surface area contributed by atoms with Crippen molar-refractivity contribution in [1.29, 1.82) is 0 Å². The van der Waals surface area contributed by atoms with Crippen molar-refractivity contribution in [3.05, 3.63) is 29.3 Å². The van der Waals surface area contributed by atoms with E-state index < -0.39 is 11.4 Å². The molecule has 1 aliphatic carbocycles. The van der Waals surface area contributed by atoms with Crippen LogP contribution in [0.4, 0.5) is 5.69 Å². The lowest BCUT2D eigenvalue weighted by atomic mass is 9.71. The molecule has 3 rings (SSSR count). The van der Waals surface area contributed by atoms with E-state index in [0.717, 1.165) is 24.8 Å². The lowest BCUT2D eigenvalue weighted by Crippen LogP contribution is -2.37. The van der Waals surface area contributed by atoms with Gasteiger partial charge in [-0.15, -0.1) is 0 Å². The second-order valence-corrected chi connectivity index (χ2v) is 6.43. The summed E-state index contributed by atoms with van der Waals surface area (Å²) < 4.78 is 0. The molecule has 1 aromatic rings. The Morgan fingerprint density at radius 1 is 1.22 bits per heavy atom. The number of carbonyl (C=O) groups is 3. The molecule has 0 aromatic heterocycles. The fourth-order valence-corrected chi connectivity index (χ4v) is 3.50. The molecule has 3 N–H and O–H groups in total. The van der Waals surface area contributed by atoms with Crippen molar-refractivity contribution in [2.24, 2.45) is 5.41 Å². The van der Waals surface area contributed by atoms with Crippen LogP contribution in [0, 0.1) is 5.41 Å². The molecule has 0 atom stereocenters. The first-order chi connectivity index (χ1) is 11.0. The number of anilines is 1. The molecule has 6 nitrogen and oxygen atoms in total. The number of benzene rings is 1. The standard InChI is InChI=1S/C17H20N2O4/c20-14(9-17(16(22)23)6-2-1-3-7-17)19-12-5-4-11-10-18-15(21)13(11)8-12/h4-5,8H,1-3,6-7,9-10H2,(H,18,21)(H,19,20)(H,22,23). The van der Waals surface area contributed by atoms with E-state index in [2.05, 4.69) is 10.6 Å². The number of aliphatic carboxylic acids is 1. The number of nitrogens with one attached hydrogen (secondary N) is 2. The van der Waals surface area contributed by atoms with Gasteiger partial charge in [0.05, 0.1) is 5.41 Å². The number of hydrogen-bond acceptors (Lipinski definition) is 3. The van der Waals surface area contributed by atoms with Crippen LogP contribution in [0.2, 0.25) is 0 Å². The van der Waals surface area contributed by atoms with Gasteiger partial charge in [0.25, 0.3) is 5.91 Å². The first-order valence-corrected chi connectivity index (χ1v) is 7.95. The van der Waals surface area contributed by atoms with Crippen LogP contribution in [0.3, 0.4) is 0 Å². The summed E-state index contributed by atoms with van der Waals surface area (Å²) in [5.41, 5.74) is 1.05. The third kappa shape index (κ3) is 3.06. The highest BCUT2D eigenvalue weighted by atomic mass is 16.4. The van der Waals surface area contributed by atoms with E-state index in [1.807, 2.05) is 0 Å². The van der Waals surface area contributed by atoms with Crippen LogP contribution in [-0.2, 0) is 16.1 Å². The van der Waals surface area contributed by atoms with E-state index in [9.17, 15) is 19.5 Å². The zero-order valence-electron chi connectivity index (χ0n) is 12.9. The van der Waals surface area contributed by atoms with Crippen LogP contribution in [-0.4, -0.2) is 22.9 Å². The van der Waals surface area contributed by atoms with E-state index in [4.69, 9.17) is 0 Å². The van der Waals surface area contributed by atoms with Gasteiger partial charge in [-0.3, -0.25) is 14.4 Å². The molecule has 0 saturated heterocycles. The highest BCUT2D eigenvalue weighted by Gasteiger charge is 2.41. The number of fused-ring (bicyclic) bond motifs is 1. The summed E-state index contributed by atoms with van der Waals surface area (Å²) >= 11 is 0. The van der Waals surface area contributed by atoms with Crippen LogP contribution in [0.1, 0.15) is 54.4 Å². The first-order valence-electron chi connectivity index (χ1n) is 7.95. The number of carboxylic acids is 1. The summed E-state index contributed by atoms with van der Waals surface area (Å²) in [6.45, 7) is 0.504. The summed E-state index contributed by atoms with van der Waals surface area (Å²) in [7, 11) is 0. The van der Waals surface area contributed by atoms with Crippen molar-refractivity contribution >= 4 is 23.5 Å². The van der Waals surface area contributed by atoms with Gasteiger partial charge >= 0.3 is 5.97 Å². The highest BCUT2D eigenvalue weighted by molar-refractivity contribution is 6.01. The Bertz CT molecular complexity index is 663. The topological polar surface area (TPSA) is 95.5 Å². The Morgan fingerprint density at radius 3 is 2.65 bits per heavy atom. The monoisotopic (exact) mass is 316 g/mol. The molecule has 6 heteroatoms. The second kappa shape index (κ2) is 6.02. The Labute approximate surface area is 134 Å². The average Bonchev–Trinajstić information content (AvgIpc) is 2.89. The van der Waals surface area contributed by atoms with E-state index in [1.165, 1.54) is 0 Å². The zero-order chi connectivity index (χ0) is 16.4. The minimum absolute atomic E-state index is 0.0222. The molecule has 2 aliphatic rings. The van der Waals surface area contributed by atoms with Crippen molar-refractivity contribution in [1.82, 2.24) is 5.32 Å². The quantitative estimate of drug-likeness (QED) is 0.794. The van der Waals surface area contributed by atoms with Crippen LogP contribution in [0.15, 0.2) is 18.2 Å². The molecule has 1 heterocycles. The number of carboxylic acid groups (broad SMARTS) is 1. The molecule has 23 heavy (non-hydrogen) atoms. The number of carbonyl (C=O) groups excluding carboxylic acids is 2. The van der Waals surface area contributed by atoms with E-state index >= 15 is 0 Å². The van der Waals surface area contributed by atoms with Crippen molar-refractivity contribution in [2.45, 2.75) is 45.1 Å². The van der Waals surface area contributed by atoms with Crippen LogP contribution in [0.25, 0.3) is 0 Å². The predicted molar refractivity (Wildman–Crippen MR) is 84.0 cm³/mol. The van der Waals surface area contributed by atoms with Gasteiger partial charge in [0.2, 0.25) is 5.91 Å². The Morgan fingerprint density at radius 2 is 1.96 bits per heavy atom. The summed E-state index contributed by atoms with van der Waals surface area (Å²) in [4.78, 5) is 35.6. The Hall–Kier alpha value is -2.37. The van der Waals surface area contributed by atoms with Crippen molar-refractivity contribution in [2.75, 3.05) is 5.32 Å². The van der Waals surface area contributed by atoms with Gasteiger partial charge in [-0.1, -0.05) is 25.3 Å².